The van der Waals surface area contributed by atoms with Crippen LogP contribution in [-0.2, 0) is 6.18 Å². The van der Waals surface area contributed by atoms with Crippen LogP contribution in [-0.4, -0.2) is 11.7 Å². The van der Waals surface area contributed by atoms with E-state index in [-0.39, 0.29) is 11.6 Å². The number of rotatable bonds is 6. The van der Waals surface area contributed by atoms with Gasteiger partial charge < -0.3 is 10.4 Å². The summed E-state index contributed by atoms with van der Waals surface area (Å²) < 4.78 is 38.4. The fourth-order valence-corrected chi connectivity index (χ4v) is 3.26. The van der Waals surface area contributed by atoms with E-state index in [9.17, 15) is 18.3 Å². The van der Waals surface area contributed by atoms with Crippen molar-refractivity contribution in [3.05, 3.63) is 83.4 Å². The fourth-order valence-electron chi connectivity index (χ4n) is 3.26. The molecule has 3 rings (SSSR count). The summed E-state index contributed by atoms with van der Waals surface area (Å²) >= 11 is 0. The smallest absolute Gasteiger partial charge is 0.388 e. The van der Waals surface area contributed by atoms with Crippen LogP contribution in [0.4, 0.5) is 13.2 Å². The molecule has 0 saturated carbocycles. The van der Waals surface area contributed by atoms with E-state index >= 15 is 0 Å². The largest absolute Gasteiger partial charge is 0.416 e. The van der Waals surface area contributed by atoms with Crippen LogP contribution < -0.4 is 5.32 Å². The van der Waals surface area contributed by atoms with Gasteiger partial charge in [-0.25, -0.2) is 0 Å². The molecule has 0 aliphatic heterocycles. The third-order valence-electron chi connectivity index (χ3n) is 4.76. The Labute approximate surface area is 156 Å². The Morgan fingerprint density at radius 3 is 2.44 bits per heavy atom. The molecule has 5 heteroatoms. The average Bonchev–Trinajstić information content (AvgIpc) is 2.66. The molecule has 142 valence electrons. The Morgan fingerprint density at radius 1 is 0.963 bits per heavy atom. The van der Waals surface area contributed by atoms with Gasteiger partial charge in [0.25, 0.3) is 0 Å². The van der Waals surface area contributed by atoms with Crippen LogP contribution >= 0.6 is 0 Å². The number of halogens is 3. The second-order valence-electron chi connectivity index (χ2n) is 6.67. The topological polar surface area (TPSA) is 32.3 Å². The number of aliphatic hydroxyl groups excluding tert-OH is 1. The third-order valence-corrected chi connectivity index (χ3v) is 4.76. The maximum atomic E-state index is 12.8. The van der Waals surface area contributed by atoms with Crippen molar-refractivity contribution in [3.8, 4) is 0 Å². The first-order valence-corrected chi connectivity index (χ1v) is 8.92. The molecule has 2 N–H and O–H groups in total. The minimum absolute atomic E-state index is 0.0600. The zero-order chi connectivity index (χ0) is 19.4. The highest BCUT2D eigenvalue weighted by Gasteiger charge is 2.30. The molecule has 27 heavy (non-hydrogen) atoms. The molecule has 0 spiro atoms. The maximum absolute atomic E-state index is 12.8. The molecule has 2 nitrogen and oxygen atoms in total. The first kappa shape index (κ1) is 19.4. The lowest BCUT2D eigenvalue weighted by Crippen LogP contribution is -2.21. The van der Waals surface area contributed by atoms with E-state index in [0.29, 0.717) is 13.0 Å². The van der Waals surface area contributed by atoms with Crippen molar-refractivity contribution in [2.75, 3.05) is 6.54 Å². The van der Waals surface area contributed by atoms with Crippen LogP contribution in [0.1, 0.15) is 42.2 Å². The lowest BCUT2D eigenvalue weighted by atomic mass is 9.99. The van der Waals surface area contributed by atoms with Crippen LogP contribution in [0.3, 0.4) is 0 Å². The highest BCUT2D eigenvalue weighted by Crippen LogP contribution is 2.31. The highest BCUT2D eigenvalue weighted by molar-refractivity contribution is 5.86. The first-order chi connectivity index (χ1) is 12.9. The molecular formula is C22H22F3NO. The second kappa shape index (κ2) is 8.11. The average molecular weight is 373 g/mol. The van der Waals surface area contributed by atoms with Gasteiger partial charge in [-0.2, -0.15) is 13.2 Å². The molecular weight excluding hydrogens is 351 g/mol. The summed E-state index contributed by atoms with van der Waals surface area (Å²) in [6, 6.07) is 19.2. The maximum Gasteiger partial charge on any atom is 0.416 e. The quantitative estimate of drug-likeness (QED) is 0.587. The van der Waals surface area contributed by atoms with Crippen LogP contribution in [0.25, 0.3) is 10.8 Å². The summed E-state index contributed by atoms with van der Waals surface area (Å²) in [5.41, 5.74) is 0.697. The molecule has 3 aromatic carbocycles. The summed E-state index contributed by atoms with van der Waals surface area (Å²) in [4.78, 5) is 0. The summed E-state index contributed by atoms with van der Waals surface area (Å²) in [5.74, 6) is 0. The summed E-state index contributed by atoms with van der Waals surface area (Å²) in [6.07, 6.45) is -5.02. The van der Waals surface area contributed by atoms with E-state index < -0.39 is 17.8 Å². The van der Waals surface area contributed by atoms with Gasteiger partial charge in [0.1, 0.15) is 0 Å². The molecule has 2 unspecified atom stereocenters. The number of hydrogen-bond donors (Lipinski definition) is 2. The van der Waals surface area contributed by atoms with Crippen molar-refractivity contribution in [2.24, 2.45) is 0 Å². The van der Waals surface area contributed by atoms with Crippen molar-refractivity contribution in [3.63, 3.8) is 0 Å². The summed E-state index contributed by atoms with van der Waals surface area (Å²) in [5, 5.41) is 15.9. The predicted molar refractivity (Wildman–Crippen MR) is 101 cm³/mol. The molecule has 0 heterocycles. The predicted octanol–water partition coefficient (Wildman–Crippen LogP) is 5.63. The minimum Gasteiger partial charge on any atom is -0.388 e. The normalized spacial score (nSPS) is 14.3. The number of benzene rings is 3. The lowest BCUT2D eigenvalue weighted by Gasteiger charge is -2.18. The zero-order valence-electron chi connectivity index (χ0n) is 15.0. The number of hydrogen-bond acceptors (Lipinski definition) is 2. The summed E-state index contributed by atoms with van der Waals surface area (Å²) in [6.45, 7) is 2.53. The van der Waals surface area contributed by atoms with E-state index in [0.717, 1.165) is 23.1 Å². The van der Waals surface area contributed by atoms with Gasteiger partial charge in [0, 0.05) is 6.04 Å². The van der Waals surface area contributed by atoms with E-state index in [4.69, 9.17) is 0 Å². The van der Waals surface area contributed by atoms with Gasteiger partial charge in [-0.15, -0.1) is 0 Å². The van der Waals surface area contributed by atoms with Gasteiger partial charge in [-0.05, 0) is 53.9 Å². The Hall–Kier alpha value is -2.37. The van der Waals surface area contributed by atoms with Gasteiger partial charge in [0.15, 0.2) is 0 Å². The van der Waals surface area contributed by atoms with Crippen LogP contribution in [0.2, 0.25) is 0 Å². The standard InChI is InChI=1S/C22H22F3NO/c1-15(19-11-5-7-16-6-2-3-10-20(16)19)26-13-12-21(27)17-8-4-9-18(14-17)22(23,24)25/h2-11,14-15,21,26-27H,12-13H2,1H3. The highest BCUT2D eigenvalue weighted by atomic mass is 19.4. The van der Waals surface area contributed by atoms with E-state index in [1.807, 2.05) is 25.1 Å². The van der Waals surface area contributed by atoms with E-state index in [1.54, 1.807) is 0 Å². The second-order valence-corrected chi connectivity index (χ2v) is 6.67. The molecule has 0 aromatic heterocycles. The van der Waals surface area contributed by atoms with Crippen molar-refractivity contribution in [2.45, 2.75) is 31.7 Å². The fraction of sp³-hybridized carbons (Fsp3) is 0.273. The summed E-state index contributed by atoms with van der Waals surface area (Å²) in [7, 11) is 0. The molecule has 0 amide bonds. The Bertz CT molecular complexity index is 902. The van der Waals surface area contributed by atoms with E-state index in [2.05, 4.69) is 29.6 Å². The zero-order valence-corrected chi connectivity index (χ0v) is 15.0. The van der Waals surface area contributed by atoms with Gasteiger partial charge in [-0.1, -0.05) is 54.6 Å². The van der Waals surface area contributed by atoms with Crippen molar-refractivity contribution < 1.29 is 18.3 Å². The van der Waals surface area contributed by atoms with Crippen LogP contribution in [0, 0.1) is 0 Å². The SMILES string of the molecule is CC(NCCC(O)c1cccc(C(F)(F)F)c1)c1cccc2ccccc12. The first-order valence-electron chi connectivity index (χ1n) is 8.92. The Morgan fingerprint density at radius 2 is 1.67 bits per heavy atom. The van der Waals surface area contributed by atoms with Crippen molar-refractivity contribution >= 4 is 10.8 Å². The molecule has 0 aliphatic carbocycles. The number of aliphatic hydroxyl groups is 1. The molecule has 0 radical (unpaired) electrons. The molecule has 0 fully saturated rings. The molecule has 0 bridgehead atoms. The Kier molecular flexibility index (Phi) is 5.82. The number of fused-ring (bicyclic) bond motifs is 1. The molecule has 0 saturated heterocycles. The van der Waals surface area contributed by atoms with Gasteiger partial charge >= 0.3 is 6.18 Å². The molecule has 3 aromatic rings. The molecule has 2 atom stereocenters. The van der Waals surface area contributed by atoms with Crippen LogP contribution in [0.5, 0.6) is 0 Å². The number of nitrogens with one attached hydrogen (secondary N) is 1. The monoisotopic (exact) mass is 373 g/mol. The van der Waals surface area contributed by atoms with Gasteiger partial charge in [0.2, 0.25) is 0 Å². The third kappa shape index (κ3) is 4.67. The van der Waals surface area contributed by atoms with Gasteiger partial charge in [0.05, 0.1) is 11.7 Å². The van der Waals surface area contributed by atoms with Gasteiger partial charge in [-0.3, -0.25) is 0 Å². The minimum atomic E-state index is -4.41. The van der Waals surface area contributed by atoms with Crippen molar-refractivity contribution in [1.82, 2.24) is 5.32 Å². The van der Waals surface area contributed by atoms with Crippen molar-refractivity contribution in [1.29, 1.82) is 0 Å². The number of alkyl halides is 3. The lowest BCUT2D eigenvalue weighted by molar-refractivity contribution is -0.137. The van der Waals surface area contributed by atoms with Crippen LogP contribution in [0.15, 0.2) is 66.7 Å². The molecule has 0 aliphatic rings. The Balaban J connectivity index is 1.62. The van der Waals surface area contributed by atoms with E-state index in [1.165, 1.54) is 17.5 Å².